The van der Waals surface area contributed by atoms with Gasteiger partial charge in [-0.3, -0.25) is 13.9 Å². The maximum Gasteiger partial charge on any atom is 0.244 e. The molecule has 0 fully saturated rings. The number of carbonyl (C=O) groups is 2. The summed E-state index contributed by atoms with van der Waals surface area (Å²) in [6, 6.07) is 11.4. The van der Waals surface area contributed by atoms with Gasteiger partial charge in [0.05, 0.1) is 11.9 Å². The van der Waals surface area contributed by atoms with Gasteiger partial charge in [-0.25, -0.2) is 12.8 Å². The first kappa shape index (κ1) is 25.3. The van der Waals surface area contributed by atoms with Gasteiger partial charge in [-0.05, 0) is 63.1 Å². The number of sulfonamides is 1. The fourth-order valence-electron chi connectivity index (χ4n) is 3.18. The number of carbonyl (C=O) groups excluding carboxylic acids is 2. The number of rotatable bonds is 9. The highest BCUT2D eigenvalue weighted by Gasteiger charge is 2.30. The van der Waals surface area contributed by atoms with E-state index in [1.165, 1.54) is 17.0 Å². The van der Waals surface area contributed by atoms with Crippen LogP contribution in [0.5, 0.6) is 0 Å². The monoisotopic (exact) mass is 463 g/mol. The Kier molecular flexibility index (Phi) is 8.38. The molecular formula is C23H30FN3O4S. The van der Waals surface area contributed by atoms with Crippen LogP contribution in [0.2, 0.25) is 0 Å². The molecule has 174 valence electrons. The largest absolute Gasteiger partial charge is 0.352 e. The number of anilines is 1. The molecule has 0 unspecified atom stereocenters. The number of halogens is 1. The zero-order valence-corrected chi connectivity index (χ0v) is 19.8. The highest BCUT2D eigenvalue weighted by Crippen LogP contribution is 2.20. The van der Waals surface area contributed by atoms with E-state index < -0.39 is 34.3 Å². The normalized spacial score (nSPS) is 12.3. The Morgan fingerprint density at radius 3 is 2.16 bits per heavy atom. The van der Waals surface area contributed by atoms with E-state index in [-0.39, 0.29) is 24.2 Å². The Morgan fingerprint density at radius 1 is 1.03 bits per heavy atom. The summed E-state index contributed by atoms with van der Waals surface area (Å²) in [4.78, 5) is 27.4. The fraction of sp³-hybridized carbons (Fsp3) is 0.391. The van der Waals surface area contributed by atoms with Crippen LogP contribution in [0.1, 0.15) is 31.9 Å². The highest BCUT2D eigenvalue weighted by molar-refractivity contribution is 7.92. The highest BCUT2D eigenvalue weighted by atomic mass is 32.2. The standard InChI is InChI=1S/C23H30FN3O4S/c1-16(2)25-23(29)18(4)26(14-19-9-7-6-8-17(19)3)22(28)15-27(32(5,30)31)21-12-10-20(24)11-13-21/h6-13,16,18H,14-15H2,1-5H3,(H,25,29)/t18-/m1/s1. The van der Waals surface area contributed by atoms with Crippen LogP contribution >= 0.6 is 0 Å². The van der Waals surface area contributed by atoms with Crippen molar-refractivity contribution in [2.45, 2.75) is 46.3 Å². The van der Waals surface area contributed by atoms with Gasteiger partial charge in [-0.15, -0.1) is 0 Å². The lowest BCUT2D eigenvalue weighted by Gasteiger charge is -2.32. The maximum absolute atomic E-state index is 13.4. The maximum atomic E-state index is 13.4. The third kappa shape index (κ3) is 6.78. The molecule has 0 aliphatic rings. The van der Waals surface area contributed by atoms with E-state index in [1.807, 2.05) is 45.0 Å². The Balaban J connectivity index is 2.39. The van der Waals surface area contributed by atoms with Gasteiger partial charge < -0.3 is 10.2 Å². The lowest BCUT2D eigenvalue weighted by molar-refractivity contribution is -0.139. The molecule has 0 aliphatic carbocycles. The minimum atomic E-state index is -3.84. The van der Waals surface area contributed by atoms with E-state index in [4.69, 9.17) is 0 Å². The van der Waals surface area contributed by atoms with Crippen molar-refractivity contribution in [1.82, 2.24) is 10.2 Å². The van der Waals surface area contributed by atoms with E-state index in [0.29, 0.717) is 0 Å². The van der Waals surface area contributed by atoms with Crippen LogP contribution in [0.25, 0.3) is 0 Å². The van der Waals surface area contributed by atoms with Gasteiger partial charge in [0.25, 0.3) is 0 Å². The lowest BCUT2D eigenvalue weighted by Crippen LogP contribution is -2.52. The second kappa shape index (κ2) is 10.6. The second-order valence-corrected chi connectivity index (χ2v) is 9.94. The Bertz CT molecular complexity index is 1060. The molecule has 2 aromatic rings. The molecule has 1 atom stereocenters. The van der Waals surface area contributed by atoms with Gasteiger partial charge >= 0.3 is 0 Å². The minimum absolute atomic E-state index is 0.118. The smallest absolute Gasteiger partial charge is 0.244 e. The fourth-order valence-corrected chi connectivity index (χ4v) is 4.03. The van der Waals surface area contributed by atoms with Gasteiger partial charge in [-0.1, -0.05) is 24.3 Å². The van der Waals surface area contributed by atoms with Crippen molar-refractivity contribution in [2.75, 3.05) is 17.1 Å². The molecule has 32 heavy (non-hydrogen) atoms. The first-order valence-electron chi connectivity index (χ1n) is 10.3. The van der Waals surface area contributed by atoms with Crippen molar-refractivity contribution in [3.8, 4) is 0 Å². The third-order valence-electron chi connectivity index (χ3n) is 4.99. The Labute approximate surface area is 189 Å². The average Bonchev–Trinajstić information content (AvgIpc) is 2.70. The van der Waals surface area contributed by atoms with Gasteiger partial charge in [0.15, 0.2) is 0 Å². The summed E-state index contributed by atoms with van der Waals surface area (Å²) in [6.45, 7) is 6.76. The Hall–Kier alpha value is -2.94. The van der Waals surface area contributed by atoms with E-state index >= 15 is 0 Å². The van der Waals surface area contributed by atoms with Gasteiger partial charge in [0.1, 0.15) is 18.4 Å². The minimum Gasteiger partial charge on any atom is -0.352 e. The second-order valence-electron chi connectivity index (χ2n) is 8.03. The lowest BCUT2D eigenvalue weighted by atomic mass is 10.1. The molecule has 0 bridgehead atoms. The quantitative estimate of drug-likeness (QED) is 0.620. The molecule has 0 spiro atoms. The summed E-state index contributed by atoms with van der Waals surface area (Å²) in [5.41, 5.74) is 1.95. The van der Waals surface area contributed by atoms with Crippen LogP contribution in [-0.4, -0.2) is 50.0 Å². The van der Waals surface area contributed by atoms with Crippen LogP contribution < -0.4 is 9.62 Å². The van der Waals surface area contributed by atoms with Crippen LogP contribution in [0.4, 0.5) is 10.1 Å². The number of benzene rings is 2. The first-order valence-corrected chi connectivity index (χ1v) is 12.1. The number of nitrogens with one attached hydrogen (secondary N) is 1. The molecule has 7 nitrogen and oxygen atoms in total. The molecule has 9 heteroatoms. The number of hydrogen-bond acceptors (Lipinski definition) is 4. The average molecular weight is 464 g/mol. The molecule has 0 aromatic heterocycles. The summed E-state index contributed by atoms with van der Waals surface area (Å²) in [6.07, 6.45) is 0.976. The number of nitrogens with zero attached hydrogens (tertiary/aromatic N) is 2. The zero-order chi connectivity index (χ0) is 24.1. The van der Waals surface area contributed by atoms with E-state index in [1.54, 1.807) is 6.92 Å². The van der Waals surface area contributed by atoms with Crippen molar-refractivity contribution in [2.24, 2.45) is 0 Å². The first-order chi connectivity index (χ1) is 14.9. The number of amides is 2. The summed E-state index contributed by atoms with van der Waals surface area (Å²) < 4.78 is 39.1. The van der Waals surface area contributed by atoms with Crippen molar-refractivity contribution < 1.29 is 22.4 Å². The Morgan fingerprint density at radius 2 is 1.62 bits per heavy atom. The van der Waals surface area contributed by atoms with E-state index in [9.17, 15) is 22.4 Å². The van der Waals surface area contributed by atoms with E-state index in [0.717, 1.165) is 33.8 Å². The molecule has 0 saturated heterocycles. The van der Waals surface area contributed by atoms with Crippen molar-refractivity contribution in [3.63, 3.8) is 0 Å². The van der Waals surface area contributed by atoms with Crippen molar-refractivity contribution in [3.05, 3.63) is 65.5 Å². The molecule has 2 amide bonds. The van der Waals surface area contributed by atoms with Crippen LogP contribution in [-0.2, 0) is 26.2 Å². The predicted octanol–water partition coefficient (Wildman–Crippen LogP) is 2.84. The summed E-state index contributed by atoms with van der Waals surface area (Å²) in [5.74, 6) is -1.40. The molecule has 2 aromatic carbocycles. The molecule has 2 rings (SSSR count). The van der Waals surface area contributed by atoms with Gasteiger partial charge in [0.2, 0.25) is 21.8 Å². The molecule has 0 radical (unpaired) electrons. The SMILES string of the molecule is Cc1ccccc1CN(C(=O)CN(c1ccc(F)cc1)S(C)(=O)=O)[C@H](C)C(=O)NC(C)C. The van der Waals surface area contributed by atoms with Crippen LogP contribution in [0, 0.1) is 12.7 Å². The summed E-state index contributed by atoms with van der Waals surface area (Å²) in [7, 11) is -3.84. The number of hydrogen-bond donors (Lipinski definition) is 1. The topological polar surface area (TPSA) is 86.8 Å². The number of aryl methyl sites for hydroxylation is 1. The predicted molar refractivity (Wildman–Crippen MR) is 123 cm³/mol. The van der Waals surface area contributed by atoms with E-state index in [2.05, 4.69) is 5.32 Å². The zero-order valence-electron chi connectivity index (χ0n) is 19.0. The summed E-state index contributed by atoms with van der Waals surface area (Å²) in [5, 5.41) is 2.79. The molecular weight excluding hydrogens is 433 g/mol. The third-order valence-corrected chi connectivity index (χ3v) is 6.13. The van der Waals surface area contributed by atoms with Gasteiger partial charge in [-0.2, -0.15) is 0 Å². The summed E-state index contributed by atoms with van der Waals surface area (Å²) >= 11 is 0. The van der Waals surface area contributed by atoms with Crippen LogP contribution in [0.15, 0.2) is 48.5 Å². The van der Waals surface area contributed by atoms with Crippen LogP contribution in [0.3, 0.4) is 0 Å². The molecule has 0 saturated carbocycles. The van der Waals surface area contributed by atoms with Gasteiger partial charge in [0, 0.05) is 12.6 Å². The molecule has 1 N–H and O–H groups in total. The molecule has 0 aliphatic heterocycles. The van der Waals surface area contributed by atoms with Crippen molar-refractivity contribution in [1.29, 1.82) is 0 Å². The molecule has 0 heterocycles. The van der Waals surface area contributed by atoms with Crippen molar-refractivity contribution >= 4 is 27.5 Å².